The smallest absolute Gasteiger partial charge is 0.408 e. The predicted octanol–water partition coefficient (Wildman–Crippen LogP) is 2.25. The van der Waals surface area contributed by atoms with E-state index >= 15 is 0 Å². The average Bonchev–Trinajstić information content (AvgIpc) is 3.35. The van der Waals surface area contributed by atoms with Crippen LogP contribution in [0.4, 0.5) is 18.4 Å². The fourth-order valence-corrected chi connectivity index (χ4v) is 4.48. The minimum Gasteiger partial charge on any atom is -0.441 e. The molecule has 1 atom stereocenters. The van der Waals surface area contributed by atoms with Crippen molar-refractivity contribution in [3.05, 3.63) is 29.7 Å². The second-order valence-corrected chi connectivity index (χ2v) is 8.87. The third-order valence-corrected chi connectivity index (χ3v) is 6.42. The molecule has 2 aromatic rings. The van der Waals surface area contributed by atoms with E-state index in [1.807, 2.05) is 6.07 Å². The number of hydrogen-bond donors (Lipinski definition) is 2. The van der Waals surface area contributed by atoms with Gasteiger partial charge >= 0.3 is 12.1 Å². The molecule has 2 aliphatic heterocycles. The lowest BCUT2D eigenvalue weighted by molar-refractivity contribution is -0.0991. The Kier molecular flexibility index (Phi) is 5.77. The Morgan fingerprint density at radius 3 is 2.82 bits per heavy atom. The molecule has 0 radical (unpaired) electrons. The first-order valence-electron chi connectivity index (χ1n) is 11.2. The summed E-state index contributed by atoms with van der Waals surface area (Å²) in [7, 11) is 0. The maximum Gasteiger partial charge on any atom is 0.408 e. The Morgan fingerprint density at radius 2 is 2.15 bits per heavy atom. The topological polar surface area (TPSA) is 110 Å². The van der Waals surface area contributed by atoms with Crippen LogP contribution in [0.15, 0.2) is 18.5 Å². The number of imidazole rings is 1. The zero-order chi connectivity index (χ0) is 23.0. The van der Waals surface area contributed by atoms with Crippen LogP contribution in [-0.2, 0) is 16.0 Å². The van der Waals surface area contributed by atoms with Crippen molar-refractivity contribution in [2.24, 2.45) is 5.92 Å². The van der Waals surface area contributed by atoms with Crippen molar-refractivity contribution in [1.29, 1.82) is 0 Å². The molecule has 2 aromatic heterocycles. The molecule has 12 heteroatoms. The van der Waals surface area contributed by atoms with Gasteiger partial charge in [-0.3, -0.25) is 0 Å². The molecule has 2 saturated heterocycles. The summed E-state index contributed by atoms with van der Waals surface area (Å²) in [5.74, 6) is -2.88. The molecule has 0 aromatic carbocycles. The van der Waals surface area contributed by atoms with E-state index in [2.05, 4.69) is 20.7 Å². The number of aromatic nitrogens is 3. The normalized spacial score (nSPS) is 22.1. The van der Waals surface area contributed by atoms with Crippen molar-refractivity contribution in [2.45, 2.75) is 50.3 Å². The highest BCUT2D eigenvalue weighted by molar-refractivity contribution is 5.76. The van der Waals surface area contributed by atoms with Crippen molar-refractivity contribution in [3.8, 4) is 0 Å². The Balaban J connectivity index is 1.36. The highest BCUT2D eigenvalue weighted by Gasteiger charge is 2.39. The number of alkyl halides is 2. The van der Waals surface area contributed by atoms with Gasteiger partial charge in [0.2, 0.25) is 5.92 Å². The molecule has 178 valence electrons. The molecule has 0 spiro atoms. The van der Waals surface area contributed by atoms with Crippen LogP contribution in [0.1, 0.15) is 43.0 Å². The summed E-state index contributed by atoms with van der Waals surface area (Å²) in [4.78, 5) is 30.6. The number of carbonyl (C=O) groups excluding carboxylic acids is 2. The van der Waals surface area contributed by atoms with Gasteiger partial charge in [-0.05, 0) is 30.4 Å². The lowest BCUT2D eigenvalue weighted by Crippen LogP contribution is -2.43. The van der Waals surface area contributed by atoms with Crippen molar-refractivity contribution >= 4 is 17.8 Å². The van der Waals surface area contributed by atoms with Gasteiger partial charge in [0.15, 0.2) is 11.8 Å². The van der Waals surface area contributed by atoms with Crippen molar-refractivity contribution < 1.29 is 27.8 Å². The first kappa shape index (κ1) is 21.8. The summed E-state index contributed by atoms with van der Waals surface area (Å²) in [5.41, 5.74) is 1.91. The van der Waals surface area contributed by atoms with E-state index in [4.69, 9.17) is 9.47 Å². The second kappa shape index (κ2) is 8.73. The number of fused-ring (bicyclic) bond motifs is 1. The van der Waals surface area contributed by atoms with Gasteiger partial charge in [0, 0.05) is 32.5 Å². The zero-order valence-electron chi connectivity index (χ0n) is 18.0. The van der Waals surface area contributed by atoms with Crippen molar-refractivity contribution in [1.82, 2.24) is 30.1 Å². The van der Waals surface area contributed by atoms with E-state index in [-0.39, 0.29) is 43.7 Å². The third-order valence-electron chi connectivity index (χ3n) is 6.42. The Hall–Kier alpha value is -3.02. The van der Waals surface area contributed by atoms with Crippen LogP contribution in [-0.4, -0.2) is 70.0 Å². The van der Waals surface area contributed by atoms with E-state index in [1.54, 1.807) is 21.8 Å². The molecule has 1 aliphatic carbocycles. The number of rotatable bonds is 6. The Morgan fingerprint density at radius 1 is 1.36 bits per heavy atom. The molecule has 33 heavy (non-hydrogen) atoms. The molecule has 10 nitrogen and oxygen atoms in total. The van der Waals surface area contributed by atoms with E-state index < -0.39 is 18.1 Å². The number of urea groups is 1. The predicted molar refractivity (Wildman–Crippen MR) is 111 cm³/mol. The van der Waals surface area contributed by atoms with Gasteiger partial charge in [-0.1, -0.05) is 0 Å². The van der Waals surface area contributed by atoms with Gasteiger partial charge in [0.1, 0.15) is 0 Å². The molecule has 1 unspecified atom stereocenters. The number of amides is 3. The largest absolute Gasteiger partial charge is 0.441 e. The lowest BCUT2D eigenvalue weighted by Gasteiger charge is -2.34. The SMILES string of the molecule is O=C(NC(c1cn2ncc(CN3CCNC3=O)cc2n1)C1CCC(F)(F)CC1)OC1COC1. The molecule has 2 N–H and O–H groups in total. The molecular formula is C21H26F2N6O4. The van der Waals surface area contributed by atoms with Crippen LogP contribution < -0.4 is 10.6 Å². The monoisotopic (exact) mass is 464 g/mol. The summed E-state index contributed by atoms with van der Waals surface area (Å²) < 4.78 is 39.4. The van der Waals surface area contributed by atoms with Gasteiger partial charge in [-0.25, -0.2) is 27.9 Å². The number of carbonyl (C=O) groups is 2. The number of nitrogens with zero attached hydrogens (tertiary/aromatic N) is 4. The van der Waals surface area contributed by atoms with Gasteiger partial charge < -0.3 is 25.0 Å². The van der Waals surface area contributed by atoms with Crippen molar-refractivity contribution in [2.75, 3.05) is 26.3 Å². The number of halogens is 2. The maximum absolute atomic E-state index is 13.7. The van der Waals surface area contributed by atoms with Crippen LogP contribution in [0, 0.1) is 5.92 Å². The second-order valence-electron chi connectivity index (χ2n) is 8.87. The summed E-state index contributed by atoms with van der Waals surface area (Å²) in [6.07, 6.45) is 2.53. The Bertz CT molecular complexity index is 1030. The molecule has 3 aliphatic rings. The summed E-state index contributed by atoms with van der Waals surface area (Å²) in [5, 5.41) is 9.99. The third kappa shape index (κ3) is 4.85. The summed E-state index contributed by atoms with van der Waals surface area (Å²) >= 11 is 0. The Labute approximate surface area is 188 Å². The molecule has 4 heterocycles. The highest BCUT2D eigenvalue weighted by Crippen LogP contribution is 2.41. The first-order valence-corrected chi connectivity index (χ1v) is 11.2. The van der Waals surface area contributed by atoms with E-state index in [9.17, 15) is 18.4 Å². The molecule has 3 amide bonds. The number of alkyl carbamates (subject to hydrolysis) is 1. The van der Waals surface area contributed by atoms with Crippen LogP contribution in [0.5, 0.6) is 0 Å². The van der Waals surface area contributed by atoms with Gasteiger partial charge in [-0.2, -0.15) is 5.10 Å². The molecule has 1 saturated carbocycles. The number of nitrogens with one attached hydrogen (secondary N) is 2. The van der Waals surface area contributed by atoms with Gasteiger partial charge in [0.25, 0.3) is 0 Å². The first-order chi connectivity index (χ1) is 15.9. The lowest BCUT2D eigenvalue weighted by atomic mass is 9.81. The van der Waals surface area contributed by atoms with Gasteiger partial charge in [0.05, 0.1) is 37.3 Å². The van der Waals surface area contributed by atoms with Crippen molar-refractivity contribution in [3.63, 3.8) is 0 Å². The summed E-state index contributed by atoms with van der Waals surface area (Å²) in [6.45, 7) is 2.34. The maximum atomic E-state index is 13.7. The quantitative estimate of drug-likeness (QED) is 0.679. The standard InChI is InChI=1S/C21H26F2N6O4/c22-21(23)3-1-14(2-4-21)18(27-20(31)33-15-11-32-12-15)16-10-29-17(26-16)7-13(8-25-29)9-28-6-5-24-19(28)30/h7-8,10,14-15,18H,1-6,9,11-12H2,(H,24,30)(H,27,31). The molecule has 0 bridgehead atoms. The fourth-order valence-electron chi connectivity index (χ4n) is 4.48. The molecule has 3 fully saturated rings. The van der Waals surface area contributed by atoms with E-state index in [1.165, 1.54) is 0 Å². The summed E-state index contributed by atoms with van der Waals surface area (Å²) in [6, 6.07) is 1.13. The van der Waals surface area contributed by atoms with Crippen LogP contribution in [0.25, 0.3) is 5.65 Å². The molecular weight excluding hydrogens is 438 g/mol. The zero-order valence-corrected chi connectivity index (χ0v) is 18.0. The number of ether oxygens (including phenoxy) is 2. The highest BCUT2D eigenvalue weighted by atomic mass is 19.3. The minimum absolute atomic E-state index is 0.118. The minimum atomic E-state index is -2.68. The fraction of sp³-hybridized carbons (Fsp3) is 0.619. The van der Waals surface area contributed by atoms with Crippen LogP contribution >= 0.6 is 0 Å². The average molecular weight is 464 g/mol. The van der Waals surface area contributed by atoms with E-state index in [0.717, 1.165) is 5.56 Å². The van der Waals surface area contributed by atoms with Crippen LogP contribution in [0.2, 0.25) is 0 Å². The van der Waals surface area contributed by atoms with E-state index in [0.29, 0.717) is 44.2 Å². The molecule has 5 rings (SSSR count). The van der Waals surface area contributed by atoms with Gasteiger partial charge in [-0.15, -0.1) is 0 Å². The number of hydrogen-bond acceptors (Lipinski definition) is 6. The van der Waals surface area contributed by atoms with Crippen LogP contribution in [0.3, 0.4) is 0 Å².